The summed E-state index contributed by atoms with van der Waals surface area (Å²) >= 11 is 5.85. The fourth-order valence-corrected chi connectivity index (χ4v) is 2.95. The number of halogens is 2. The number of hydrogen-bond donors (Lipinski definition) is 0. The molecular formula is C10H12ClFO2S. The highest BCUT2D eigenvalue weighted by molar-refractivity contribution is 7.90. The normalized spacial score (nSPS) is 13.8. The van der Waals surface area contributed by atoms with E-state index in [1.165, 1.54) is 12.1 Å². The largest absolute Gasteiger partial charge is 0.229 e. The average molecular weight is 251 g/mol. The van der Waals surface area contributed by atoms with E-state index in [-0.39, 0.29) is 11.6 Å². The van der Waals surface area contributed by atoms with Crippen molar-refractivity contribution >= 4 is 21.4 Å². The van der Waals surface area contributed by atoms with E-state index in [2.05, 4.69) is 0 Å². The van der Waals surface area contributed by atoms with Crippen molar-refractivity contribution in [2.24, 2.45) is 0 Å². The van der Waals surface area contributed by atoms with Crippen molar-refractivity contribution in [3.8, 4) is 0 Å². The van der Waals surface area contributed by atoms with E-state index in [9.17, 15) is 12.8 Å². The molecule has 0 amide bonds. The molecule has 84 valence electrons. The summed E-state index contributed by atoms with van der Waals surface area (Å²) in [5.41, 5.74) is 0.707. The Morgan fingerprint density at radius 1 is 1.47 bits per heavy atom. The summed E-state index contributed by atoms with van der Waals surface area (Å²) in [5, 5.41) is -0.512. The Labute approximate surface area is 94.0 Å². The number of benzene rings is 1. The molecule has 0 heterocycles. The van der Waals surface area contributed by atoms with Gasteiger partial charge in [0.15, 0.2) is 0 Å². The zero-order valence-electron chi connectivity index (χ0n) is 8.28. The summed E-state index contributed by atoms with van der Waals surface area (Å²) in [5.74, 6) is -0.429. The second-order valence-electron chi connectivity index (χ2n) is 3.52. The van der Waals surface area contributed by atoms with E-state index in [0.717, 1.165) is 6.26 Å². The highest BCUT2D eigenvalue weighted by Crippen LogP contribution is 2.11. The molecule has 1 rings (SSSR count). The SMILES string of the molecule is CS(=O)(=O)CC(Cl)Cc1cccc(F)c1. The van der Waals surface area contributed by atoms with Crippen LogP contribution in [-0.4, -0.2) is 25.8 Å². The molecular weight excluding hydrogens is 239 g/mol. The Kier molecular flexibility index (Phi) is 4.11. The number of hydrogen-bond acceptors (Lipinski definition) is 2. The molecule has 0 saturated heterocycles. The quantitative estimate of drug-likeness (QED) is 0.767. The monoisotopic (exact) mass is 250 g/mol. The summed E-state index contributed by atoms with van der Waals surface area (Å²) in [6, 6.07) is 6.00. The molecule has 0 N–H and O–H groups in total. The van der Waals surface area contributed by atoms with Crippen LogP contribution in [0, 0.1) is 5.82 Å². The lowest BCUT2D eigenvalue weighted by molar-refractivity contribution is 0.599. The van der Waals surface area contributed by atoms with Crippen molar-refractivity contribution < 1.29 is 12.8 Å². The molecule has 0 radical (unpaired) electrons. The van der Waals surface area contributed by atoms with Crippen LogP contribution in [0.4, 0.5) is 4.39 Å². The minimum atomic E-state index is -3.08. The Hall–Kier alpha value is -0.610. The molecule has 0 aromatic heterocycles. The third-order valence-electron chi connectivity index (χ3n) is 1.83. The van der Waals surface area contributed by atoms with Gasteiger partial charge in [-0.3, -0.25) is 0 Å². The van der Waals surface area contributed by atoms with Gasteiger partial charge in [0.25, 0.3) is 0 Å². The van der Waals surface area contributed by atoms with Gasteiger partial charge in [0.2, 0.25) is 0 Å². The van der Waals surface area contributed by atoms with Gasteiger partial charge in [-0.05, 0) is 24.1 Å². The first-order valence-corrected chi connectivity index (χ1v) is 6.93. The molecule has 0 fully saturated rings. The Morgan fingerprint density at radius 3 is 2.67 bits per heavy atom. The summed E-state index contributed by atoms with van der Waals surface area (Å²) in [6.45, 7) is 0. The Balaban J connectivity index is 2.63. The molecule has 0 spiro atoms. The number of sulfone groups is 1. The third kappa shape index (κ3) is 5.14. The highest BCUT2D eigenvalue weighted by Gasteiger charge is 2.13. The zero-order chi connectivity index (χ0) is 11.5. The van der Waals surface area contributed by atoms with Gasteiger partial charge in [0, 0.05) is 6.26 Å². The standard InChI is InChI=1S/C10H12ClFO2S/c1-15(13,14)7-9(11)5-8-3-2-4-10(12)6-8/h2-4,6,9H,5,7H2,1H3. The van der Waals surface area contributed by atoms with Crippen LogP contribution in [0.15, 0.2) is 24.3 Å². The fraction of sp³-hybridized carbons (Fsp3) is 0.400. The zero-order valence-corrected chi connectivity index (χ0v) is 9.85. The van der Waals surface area contributed by atoms with Crippen LogP contribution in [0.25, 0.3) is 0 Å². The van der Waals surface area contributed by atoms with E-state index < -0.39 is 15.2 Å². The van der Waals surface area contributed by atoms with Gasteiger partial charge in [-0.2, -0.15) is 0 Å². The lowest BCUT2D eigenvalue weighted by atomic mass is 10.1. The molecule has 0 saturated carbocycles. The van der Waals surface area contributed by atoms with Crippen LogP contribution >= 0.6 is 11.6 Å². The van der Waals surface area contributed by atoms with Crippen molar-refractivity contribution in [1.82, 2.24) is 0 Å². The summed E-state index contributed by atoms with van der Waals surface area (Å²) in [4.78, 5) is 0. The van der Waals surface area contributed by atoms with Crippen LogP contribution in [0.2, 0.25) is 0 Å². The highest BCUT2D eigenvalue weighted by atomic mass is 35.5. The molecule has 0 bridgehead atoms. The maximum absolute atomic E-state index is 12.8. The lowest BCUT2D eigenvalue weighted by Crippen LogP contribution is -2.17. The van der Waals surface area contributed by atoms with E-state index >= 15 is 0 Å². The van der Waals surface area contributed by atoms with E-state index in [1.807, 2.05) is 0 Å². The molecule has 1 aromatic rings. The van der Waals surface area contributed by atoms with Gasteiger partial charge in [-0.15, -0.1) is 11.6 Å². The van der Waals surface area contributed by atoms with Crippen LogP contribution < -0.4 is 0 Å². The van der Waals surface area contributed by atoms with Crippen LogP contribution in [0.5, 0.6) is 0 Å². The lowest BCUT2D eigenvalue weighted by Gasteiger charge is -2.07. The second-order valence-corrected chi connectivity index (χ2v) is 6.33. The van der Waals surface area contributed by atoms with Gasteiger partial charge in [0.1, 0.15) is 15.7 Å². The predicted octanol–water partition coefficient (Wildman–Crippen LogP) is 2.02. The third-order valence-corrected chi connectivity index (χ3v) is 3.33. The molecule has 0 aliphatic carbocycles. The molecule has 0 aliphatic heterocycles. The molecule has 0 aliphatic rings. The van der Waals surface area contributed by atoms with Gasteiger partial charge in [-0.1, -0.05) is 12.1 Å². The minimum Gasteiger partial charge on any atom is -0.229 e. The van der Waals surface area contributed by atoms with Crippen LogP contribution in [0.1, 0.15) is 5.56 Å². The second kappa shape index (κ2) is 4.94. The molecule has 2 nitrogen and oxygen atoms in total. The fourth-order valence-electron chi connectivity index (χ4n) is 1.31. The van der Waals surface area contributed by atoms with Crippen molar-refractivity contribution in [3.05, 3.63) is 35.6 Å². The molecule has 1 unspecified atom stereocenters. The van der Waals surface area contributed by atoms with Gasteiger partial charge in [0.05, 0.1) is 11.1 Å². The Bertz CT molecular complexity index is 431. The molecule has 1 aromatic carbocycles. The topological polar surface area (TPSA) is 34.1 Å². The van der Waals surface area contributed by atoms with Crippen molar-refractivity contribution in [1.29, 1.82) is 0 Å². The summed E-state index contributed by atoms with van der Waals surface area (Å²) in [6.07, 6.45) is 1.49. The maximum Gasteiger partial charge on any atom is 0.148 e. The van der Waals surface area contributed by atoms with E-state index in [0.29, 0.717) is 12.0 Å². The van der Waals surface area contributed by atoms with Gasteiger partial charge < -0.3 is 0 Å². The first kappa shape index (κ1) is 12.5. The average Bonchev–Trinajstić information content (AvgIpc) is 1.99. The summed E-state index contributed by atoms with van der Waals surface area (Å²) in [7, 11) is -3.08. The van der Waals surface area contributed by atoms with Crippen molar-refractivity contribution in [2.45, 2.75) is 11.8 Å². The molecule has 15 heavy (non-hydrogen) atoms. The van der Waals surface area contributed by atoms with Crippen molar-refractivity contribution in [2.75, 3.05) is 12.0 Å². The van der Waals surface area contributed by atoms with Gasteiger partial charge >= 0.3 is 0 Å². The Morgan fingerprint density at radius 2 is 2.13 bits per heavy atom. The number of alkyl halides is 1. The van der Waals surface area contributed by atoms with Gasteiger partial charge in [-0.25, -0.2) is 12.8 Å². The maximum atomic E-state index is 12.8. The van der Waals surface area contributed by atoms with E-state index in [1.54, 1.807) is 12.1 Å². The smallest absolute Gasteiger partial charge is 0.148 e. The molecule has 5 heteroatoms. The van der Waals surface area contributed by atoms with Crippen LogP contribution in [-0.2, 0) is 16.3 Å². The first-order valence-electron chi connectivity index (χ1n) is 4.43. The van der Waals surface area contributed by atoms with E-state index in [4.69, 9.17) is 11.6 Å². The minimum absolute atomic E-state index is 0.0922. The summed E-state index contributed by atoms with van der Waals surface area (Å²) < 4.78 is 34.7. The van der Waals surface area contributed by atoms with Crippen LogP contribution in [0.3, 0.4) is 0 Å². The number of rotatable bonds is 4. The predicted molar refractivity (Wildman–Crippen MR) is 59.5 cm³/mol. The first-order chi connectivity index (χ1) is 6.87. The molecule has 1 atom stereocenters. The van der Waals surface area contributed by atoms with Crippen molar-refractivity contribution in [3.63, 3.8) is 0 Å².